The van der Waals surface area contributed by atoms with Gasteiger partial charge in [-0.25, -0.2) is 0 Å². The molecule has 0 aliphatic heterocycles. The van der Waals surface area contributed by atoms with Crippen LogP contribution >= 0.6 is 0 Å². The SMILES string of the molecule is C/C(=C\c1ccccc1)CN(C)C(C)C(=O)N(C)C. The third-order valence-corrected chi connectivity index (χ3v) is 3.17. The topological polar surface area (TPSA) is 23.6 Å². The van der Waals surface area contributed by atoms with Crippen LogP contribution in [0.25, 0.3) is 6.08 Å². The molecule has 0 aromatic heterocycles. The van der Waals surface area contributed by atoms with Gasteiger partial charge in [0.25, 0.3) is 0 Å². The first kappa shape index (κ1) is 15.4. The number of carbonyl (C=O) groups is 1. The molecule has 0 saturated heterocycles. The highest BCUT2D eigenvalue weighted by molar-refractivity contribution is 5.80. The Morgan fingerprint density at radius 2 is 1.79 bits per heavy atom. The Balaban J connectivity index is 2.64. The van der Waals surface area contributed by atoms with Gasteiger partial charge in [-0.1, -0.05) is 42.0 Å². The summed E-state index contributed by atoms with van der Waals surface area (Å²) in [5.74, 6) is 0.134. The molecular weight excluding hydrogens is 236 g/mol. The van der Waals surface area contributed by atoms with Crippen LogP contribution in [0, 0.1) is 0 Å². The van der Waals surface area contributed by atoms with Crippen LogP contribution in [-0.2, 0) is 4.79 Å². The predicted octanol–water partition coefficient (Wildman–Crippen LogP) is 2.50. The van der Waals surface area contributed by atoms with E-state index in [-0.39, 0.29) is 11.9 Å². The van der Waals surface area contributed by atoms with Crippen molar-refractivity contribution in [3.63, 3.8) is 0 Å². The molecule has 0 spiro atoms. The molecular formula is C16H24N2O. The Morgan fingerprint density at radius 1 is 1.21 bits per heavy atom. The minimum Gasteiger partial charge on any atom is -0.347 e. The van der Waals surface area contributed by atoms with Crippen molar-refractivity contribution in [2.75, 3.05) is 27.7 Å². The molecule has 0 radical (unpaired) electrons. The summed E-state index contributed by atoms with van der Waals surface area (Å²) in [6.45, 7) is 4.82. The van der Waals surface area contributed by atoms with Gasteiger partial charge in [0.15, 0.2) is 0 Å². The van der Waals surface area contributed by atoms with Crippen LogP contribution in [0.3, 0.4) is 0 Å². The van der Waals surface area contributed by atoms with Gasteiger partial charge in [-0.3, -0.25) is 9.69 Å². The summed E-state index contributed by atoms with van der Waals surface area (Å²) in [7, 11) is 5.56. The molecule has 0 bridgehead atoms. The van der Waals surface area contributed by atoms with E-state index < -0.39 is 0 Å². The summed E-state index contributed by atoms with van der Waals surface area (Å²) < 4.78 is 0. The number of benzene rings is 1. The van der Waals surface area contributed by atoms with Gasteiger partial charge in [0.2, 0.25) is 5.91 Å². The highest BCUT2D eigenvalue weighted by Crippen LogP contribution is 2.09. The van der Waals surface area contributed by atoms with Crippen molar-refractivity contribution in [3.8, 4) is 0 Å². The predicted molar refractivity (Wildman–Crippen MR) is 80.9 cm³/mol. The van der Waals surface area contributed by atoms with Crippen LogP contribution in [0.1, 0.15) is 19.4 Å². The summed E-state index contributed by atoms with van der Waals surface area (Å²) in [5.41, 5.74) is 2.44. The van der Waals surface area contributed by atoms with Crippen LogP contribution in [0.2, 0.25) is 0 Å². The lowest BCUT2D eigenvalue weighted by atomic mass is 10.1. The molecule has 1 atom stereocenters. The zero-order valence-electron chi connectivity index (χ0n) is 12.6. The lowest BCUT2D eigenvalue weighted by molar-refractivity contribution is -0.133. The van der Waals surface area contributed by atoms with Crippen LogP contribution in [-0.4, -0.2) is 49.4 Å². The van der Waals surface area contributed by atoms with E-state index in [1.807, 2.05) is 32.2 Å². The molecule has 0 aliphatic carbocycles. The molecule has 0 heterocycles. The van der Waals surface area contributed by atoms with Gasteiger partial charge in [0.1, 0.15) is 0 Å². The highest BCUT2D eigenvalue weighted by atomic mass is 16.2. The largest absolute Gasteiger partial charge is 0.347 e. The van der Waals surface area contributed by atoms with Crippen LogP contribution < -0.4 is 0 Å². The van der Waals surface area contributed by atoms with Crippen molar-refractivity contribution >= 4 is 12.0 Å². The molecule has 19 heavy (non-hydrogen) atoms. The molecule has 0 N–H and O–H groups in total. The van der Waals surface area contributed by atoms with E-state index in [0.717, 1.165) is 6.54 Å². The number of likely N-dealkylation sites (N-methyl/N-ethyl adjacent to an activating group) is 2. The molecule has 1 amide bonds. The first-order valence-electron chi connectivity index (χ1n) is 6.55. The molecule has 0 aliphatic rings. The minimum atomic E-state index is -0.103. The quantitative estimate of drug-likeness (QED) is 0.812. The summed E-state index contributed by atoms with van der Waals surface area (Å²) in [4.78, 5) is 15.6. The number of hydrogen-bond donors (Lipinski definition) is 0. The molecule has 1 rings (SSSR count). The second-order valence-electron chi connectivity index (χ2n) is 5.23. The second kappa shape index (κ2) is 7.10. The zero-order valence-corrected chi connectivity index (χ0v) is 12.6. The number of amides is 1. The number of nitrogens with zero attached hydrogens (tertiary/aromatic N) is 2. The fraction of sp³-hybridized carbons (Fsp3) is 0.438. The van der Waals surface area contributed by atoms with Gasteiger partial charge < -0.3 is 4.90 Å². The fourth-order valence-electron chi connectivity index (χ4n) is 1.97. The summed E-state index contributed by atoms with van der Waals surface area (Å²) >= 11 is 0. The zero-order chi connectivity index (χ0) is 14.4. The van der Waals surface area contributed by atoms with Gasteiger partial charge >= 0.3 is 0 Å². The lowest BCUT2D eigenvalue weighted by Gasteiger charge is -2.26. The first-order chi connectivity index (χ1) is 8.91. The van der Waals surface area contributed by atoms with Crippen molar-refractivity contribution in [1.82, 2.24) is 9.80 Å². The smallest absolute Gasteiger partial charge is 0.239 e. The third kappa shape index (κ3) is 4.87. The van der Waals surface area contributed by atoms with Crippen molar-refractivity contribution in [3.05, 3.63) is 41.5 Å². The molecule has 1 aromatic carbocycles. The Labute approximate surface area is 116 Å². The average Bonchev–Trinajstić information content (AvgIpc) is 2.37. The molecule has 0 fully saturated rings. The standard InChI is InChI=1S/C16H24N2O/c1-13(11-15-9-7-6-8-10-15)12-18(5)14(2)16(19)17(3)4/h6-11,14H,12H2,1-5H3/b13-11+. The van der Waals surface area contributed by atoms with E-state index in [0.29, 0.717) is 0 Å². The van der Waals surface area contributed by atoms with E-state index >= 15 is 0 Å². The van der Waals surface area contributed by atoms with Crippen molar-refractivity contribution in [2.24, 2.45) is 0 Å². The van der Waals surface area contributed by atoms with Gasteiger partial charge in [-0.15, -0.1) is 0 Å². The maximum atomic E-state index is 11.9. The van der Waals surface area contributed by atoms with Crippen LogP contribution in [0.15, 0.2) is 35.9 Å². The van der Waals surface area contributed by atoms with Gasteiger partial charge in [-0.2, -0.15) is 0 Å². The monoisotopic (exact) mass is 260 g/mol. The second-order valence-corrected chi connectivity index (χ2v) is 5.23. The van der Waals surface area contributed by atoms with E-state index in [1.54, 1.807) is 19.0 Å². The lowest BCUT2D eigenvalue weighted by Crippen LogP contribution is -2.43. The Bertz CT molecular complexity index is 437. The van der Waals surface area contributed by atoms with Crippen LogP contribution in [0.5, 0.6) is 0 Å². The van der Waals surface area contributed by atoms with Gasteiger partial charge in [0.05, 0.1) is 6.04 Å². The third-order valence-electron chi connectivity index (χ3n) is 3.17. The Morgan fingerprint density at radius 3 is 2.32 bits per heavy atom. The normalized spacial score (nSPS) is 13.5. The van der Waals surface area contributed by atoms with Crippen molar-refractivity contribution < 1.29 is 4.79 Å². The number of carbonyl (C=O) groups excluding carboxylic acids is 1. The number of hydrogen-bond acceptors (Lipinski definition) is 2. The molecule has 104 valence electrons. The van der Waals surface area contributed by atoms with Crippen molar-refractivity contribution in [1.29, 1.82) is 0 Å². The highest BCUT2D eigenvalue weighted by Gasteiger charge is 2.19. The van der Waals surface area contributed by atoms with E-state index in [9.17, 15) is 4.79 Å². The summed E-state index contributed by atoms with van der Waals surface area (Å²) in [6, 6.07) is 10.1. The molecule has 3 heteroatoms. The summed E-state index contributed by atoms with van der Waals surface area (Å²) in [5, 5.41) is 0. The van der Waals surface area contributed by atoms with E-state index in [1.165, 1.54) is 11.1 Å². The Hall–Kier alpha value is -1.61. The first-order valence-corrected chi connectivity index (χ1v) is 6.55. The Kier molecular flexibility index (Phi) is 5.77. The molecule has 0 saturated carbocycles. The van der Waals surface area contributed by atoms with Crippen LogP contribution in [0.4, 0.5) is 0 Å². The number of rotatable bonds is 5. The minimum absolute atomic E-state index is 0.103. The van der Waals surface area contributed by atoms with Crippen molar-refractivity contribution in [2.45, 2.75) is 19.9 Å². The molecule has 1 unspecified atom stereocenters. The maximum Gasteiger partial charge on any atom is 0.239 e. The average molecular weight is 260 g/mol. The van der Waals surface area contributed by atoms with E-state index in [4.69, 9.17) is 0 Å². The molecule has 3 nitrogen and oxygen atoms in total. The molecule has 1 aromatic rings. The van der Waals surface area contributed by atoms with Gasteiger partial charge in [-0.05, 0) is 26.5 Å². The van der Waals surface area contributed by atoms with Gasteiger partial charge in [0, 0.05) is 20.6 Å². The maximum absolute atomic E-state index is 11.9. The fourth-order valence-corrected chi connectivity index (χ4v) is 1.97. The summed E-state index contributed by atoms with van der Waals surface area (Å²) in [6.07, 6.45) is 2.16. The van der Waals surface area contributed by atoms with E-state index in [2.05, 4.69) is 30.0 Å².